The summed E-state index contributed by atoms with van der Waals surface area (Å²) >= 11 is 0. The van der Waals surface area contributed by atoms with Crippen molar-refractivity contribution in [2.75, 3.05) is 26.3 Å². The molecule has 108 valence electrons. The minimum Gasteiger partial charge on any atom is -0.381 e. The smallest absolute Gasteiger partial charge is 0.228 e. The lowest BCUT2D eigenvalue weighted by molar-refractivity contribution is -0.135. The minimum atomic E-state index is 0.101. The average Bonchev–Trinajstić information content (AvgIpc) is 2.92. The summed E-state index contributed by atoms with van der Waals surface area (Å²) < 4.78 is 5.36. The van der Waals surface area contributed by atoms with E-state index in [-0.39, 0.29) is 5.92 Å². The third-order valence-electron chi connectivity index (χ3n) is 4.53. The third-order valence-corrected chi connectivity index (χ3v) is 4.53. The number of carbonyl (C=O) groups is 1. The first-order chi connectivity index (χ1) is 9.84. The molecule has 1 amide bonds. The number of benzene rings is 1. The molecule has 0 N–H and O–H groups in total. The van der Waals surface area contributed by atoms with E-state index in [9.17, 15) is 4.79 Å². The van der Waals surface area contributed by atoms with Gasteiger partial charge in [0.2, 0.25) is 5.91 Å². The van der Waals surface area contributed by atoms with E-state index in [1.165, 1.54) is 18.4 Å². The van der Waals surface area contributed by atoms with Gasteiger partial charge >= 0.3 is 0 Å². The van der Waals surface area contributed by atoms with E-state index in [0.29, 0.717) is 18.4 Å². The molecule has 1 aromatic carbocycles. The molecule has 2 aliphatic heterocycles. The maximum Gasteiger partial charge on any atom is 0.228 e. The van der Waals surface area contributed by atoms with E-state index in [0.717, 1.165) is 32.5 Å². The Balaban J connectivity index is 1.70. The molecule has 0 radical (unpaired) electrons. The van der Waals surface area contributed by atoms with Gasteiger partial charge < -0.3 is 9.64 Å². The van der Waals surface area contributed by atoms with Crippen molar-refractivity contribution in [2.45, 2.75) is 31.6 Å². The number of carbonyl (C=O) groups excluding carboxylic acids is 1. The largest absolute Gasteiger partial charge is 0.381 e. The first-order valence-electron chi connectivity index (χ1n) is 7.76. The highest BCUT2D eigenvalue weighted by molar-refractivity contribution is 5.79. The maximum absolute atomic E-state index is 12.6. The van der Waals surface area contributed by atoms with Crippen molar-refractivity contribution in [3.05, 3.63) is 35.9 Å². The van der Waals surface area contributed by atoms with Crippen molar-refractivity contribution < 1.29 is 9.53 Å². The van der Waals surface area contributed by atoms with Crippen LogP contribution >= 0.6 is 0 Å². The number of amides is 1. The fourth-order valence-electron chi connectivity index (χ4n) is 3.33. The van der Waals surface area contributed by atoms with Crippen LogP contribution in [0.3, 0.4) is 0 Å². The van der Waals surface area contributed by atoms with Crippen LogP contribution in [-0.4, -0.2) is 37.1 Å². The van der Waals surface area contributed by atoms with E-state index in [1.54, 1.807) is 0 Å². The predicted octanol–water partition coefficient (Wildman–Crippen LogP) is 2.82. The Morgan fingerprint density at radius 1 is 1.15 bits per heavy atom. The molecule has 2 aliphatic rings. The van der Waals surface area contributed by atoms with Gasteiger partial charge in [-0.3, -0.25) is 4.79 Å². The summed E-state index contributed by atoms with van der Waals surface area (Å²) in [7, 11) is 0. The van der Waals surface area contributed by atoms with E-state index in [2.05, 4.69) is 35.2 Å². The zero-order valence-corrected chi connectivity index (χ0v) is 12.0. The molecule has 0 spiro atoms. The van der Waals surface area contributed by atoms with Crippen LogP contribution in [0.1, 0.15) is 37.2 Å². The lowest BCUT2D eigenvalue weighted by Crippen LogP contribution is -2.38. The van der Waals surface area contributed by atoms with Crippen molar-refractivity contribution >= 4 is 5.91 Å². The van der Waals surface area contributed by atoms with Gasteiger partial charge in [0.15, 0.2) is 0 Å². The van der Waals surface area contributed by atoms with Crippen LogP contribution in [0.2, 0.25) is 0 Å². The SMILES string of the molecule is O=C(C1CCOC1)N1CCCCC(c2ccccc2)C1. The maximum atomic E-state index is 12.6. The van der Waals surface area contributed by atoms with Gasteiger partial charge in [-0.25, -0.2) is 0 Å². The normalized spacial score (nSPS) is 27.3. The van der Waals surface area contributed by atoms with Crippen LogP contribution in [0.4, 0.5) is 0 Å². The predicted molar refractivity (Wildman–Crippen MR) is 78.5 cm³/mol. The van der Waals surface area contributed by atoms with E-state index in [4.69, 9.17) is 4.74 Å². The van der Waals surface area contributed by atoms with Crippen LogP contribution in [0.15, 0.2) is 30.3 Å². The van der Waals surface area contributed by atoms with Gasteiger partial charge in [-0.15, -0.1) is 0 Å². The van der Waals surface area contributed by atoms with Crippen LogP contribution in [0, 0.1) is 5.92 Å². The number of nitrogens with zero attached hydrogens (tertiary/aromatic N) is 1. The molecule has 3 heteroatoms. The molecular formula is C17H23NO2. The molecule has 0 aromatic heterocycles. The zero-order chi connectivity index (χ0) is 13.8. The summed E-state index contributed by atoms with van der Waals surface area (Å²) in [6, 6.07) is 10.6. The Morgan fingerprint density at radius 2 is 2.00 bits per heavy atom. The van der Waals surface area contributed by atoms with Gasteiger partial charge in [0.1, 0.15) is 0 Å². The topological polar surface area (TPSA) is 29.5 Å². The molecule has 2 heterocycles. The molecule has 2 atom stereocenters. The monoisotopic (exact) mass is 273 g/mol. The second-order valence-electron chi connectivity index (χ2n) is 5.95. The summed E-state index contributed by atoms with van der Waals surface area (Å²) in [4.78, 5) is 14.7. The Morgan fingerprint density at radius 3 is 2.75 bits per heavy atom. The van der Waals surface area contributed by atoms with Gasteiger partial charge in [-0.05, 0) is 24.8 Å². The summed E-state index contributed by atoms with van der Waals surface area (Å²) in [5, 5.41) is 0. The standard InChI is InChI=1S/C17H23NO2/c19-17(16-9-11-20-13-16)18-10-5-4-8-15(12-18)14-6-2-1-3-7-14/h1-3,6-7,15-16H,4-5,8-13H2. The van der Waals surface area contributed by atoms with E-state index < -0.39 is 0 Å². The van der Waals surface area contributed by atoms with Gasteiger partial charge in [0.25, 0.3) is 0 Å². The first-order valence-corrected chi connectivity index (χ1v) is 7.76. The van der Waals surface area contributed by atoms with Crippen molar-refractivity contribution in [1.82, 2.24) is 4.90 Å². The molecule has 2 unspecified atom stereocenters. The van der Waals surface area contributed by atoms with E-state index in [1.807, 2.05) is 0 Å². The Hall–Kier alpha value is -1.35. The lowest BCUT2D eigenvalue weighted by atomic mass is 9.94. The fourth-order valence-corrected chi connectivity index (χ4v) is 3.33. The molecular weight excluding hydrogens is 250 g/mol. The second-order valence-corrected chi connectivity index (χ2v) is 5.95. The zero-order valence-electron chi connectivity index (χ0n) is 12.0. The molecule has 2 saturated heterocycles. The third kappa shape index (κ3) is 3.04. The molecule has 3 nitrogen and oxygen atoms in total. The number of rotatable bonds is 2. The molecule has 20 heavy (non-hydrogen) atoms. The van der Waals surface area contributed by atoms with Gasteiger partial charge in [-0.2, -0.15) is 0 Å². The second kappa shape index (κ2) is 6.40. The molecule has 3 rings (SSSR count). The van der Waals surface area contributed by atoms with Crippen LogP contribution in [0.25, 0.3) is 0 Å². The van der Waals surface area contributed by atoms with Crippen molar-refractivity contribution in [1.29, 1.82) is 0 Å². The molecule has 2 fully saturated rings. The number of ether oxygens (including phenoxy) is 1. The first kappa shape index (κ1) is 13.6. The summed E-state index contributed by atoms with van der Waals surface area (Å²) in [6.45, 7) is 3.15. The fraction of sp³-hybridized carbons (Fsp3) is 0.588. The molecule has 0 saturated carbocycles. The summed E-state index contributed by atoms with van der Waals surface area (Å²) in [5.74, 6) is 0.903. The molecule has 1 aromatic rings. The Bertz CT molecular complexity index is 440. The van der Waals surface area contributed by atoms with Crippen LogP contribution < -0.4 is 0 Å². The van der Waals surface area contributed by atoms with Crippen molar-refractivity contribution in [3.63, 3.8) is 0 Å². The average molecular weight is 273 g/mol. The van der Waals surface area contributed by atoms with Crippen LogP contribution in [0.5, 0.6) is 0 Å². The van der Waals surface area contributed by atoms with Gasteiger partial charge in [0, 0.05) is 25.6 Å². The highest BCUT2D eigenvalue weighted by atomic mass is 16.5. The van der Waals surface area contributed by atoms with Gasteiger partial charge in [0.05, 0.1) is 12.5 Å². The Labute approximate surface area is 120 Å². The quantitative estimate of drug-likeness (QED) is 0.829. The minimum absolute atomic E-state index is 0.101. The highest BCUT2D eigenvalue weighted by Crippen LogP contribution is 2.28. The highest BCUT2D eigenvalue weighted by Gasteiger charge is 2.30. The lowest BCUT2D eigenvalue weighted by Gasteiger charge is -2.27. The number of hydrogen-bond donors (Lipinski definition) is 0. The van der Waals surface area contributed by atoms with E-state index >= 15 is 0 Å². The number of hydrogen-bond acceptors (Lipinski definition) is 2. The van der Waals surface area contributed by atoms with Crippen LogP contribution in [-0.2, 0) is 9.53 Å². The van der Waals surface area contributed by atoms with Gasteiger partial charge in [-0.1, -0.05) is 36.8 Å². The molecule has 0 bridgehead atoms. The molecule has 0 aliphatic carbocycles. The van der Waals surface area contributed by atoms with Crippen molar-refractivity contribution in [2.24, 2.45) is 5.92 Å². The number of likely N-dealkylation sites (tertiary alicyclic amines) is 1. The Kier molecular flexibility index (Phi) is 4.36. The van der Waals surface area contributed by atoms with Crippen molar-refractivity contribution in [3.8, 4) is 0 Å². The summed E-state index contributed by atoms with van der Waals surface area (Å²) in [5.41, 5.74) is 1.37. The summed E-state index contributed by atoms with van der Waals surface area (Å²) in [6.07, 6.45) is 4.42.